The van der Waals surface area contributed by atoms with Crippen molar-refractivity contribution in [3.05, 3.63) is 88.2 Å². The Morgan fingerprint density at radius 2 is 1.61 bits per heavy atom. The zero-order valence-corrected chi connectivity index (χ0v) is 21.1. The normalized spacial score (nSPS) is 16.6. The molecule has 0 radical (unpaired) electrons. The summed E-state index contributed by atoms with van der Waals surface area (Å²) in [5, 5.41) is 3.20. The zero-order valence-electron chi connectivity index (χ0n) is 20.1. The van der Waals surface area contributed by atoms with Crippen LogP contribution in [0.3, 0.4) is 0 Å². The fraction of sp³-hybridized carbons (Fsp3) is 0.321. The lowest BCUT2D eigenvalue weighted by Gasteiger charge is -2.42. The molecule has 160 valence electrons. The second kappa shape index (κ2) is 8.12. The van der Waals surface area contributed by atoms with Gasteiger partial charge in [-0.05, 0) is 63.4 Å². The lowest BCUT2D eigenvalue weighted by atomic mass is 9.87. The number of hydrogen-bond acceptors (Lipinski definition) is 1. The first-order valence-electron chi connectivity index (χ1n) is 11.4. The van der Waals surface area contributed by atoms with E-state index in [0.29, 0.717) is 0 Å². The monoisotopic (exact) mass is 427 g/mol. The van der Waals surface area contributed by atoms with Crippen LogP contribution in [0, 0.1) is 6.92 Å². The van der Waals surface area contributed by atoms with Gasteiger partial charge in [0.2, 0.25) is 0 Å². The van der Waals surface area contributed by atoms with Gasteiger partial charge in [0.15, 0.2) is 5.71 Å². The number of rotatable bonds is 4. The second-order valence-corrected chi connectivity index (χ2v) is 13.9. The predicted octanol–water partition coefficient (Wildman–Crippen LogP) is 5.32. The summed E-state index contributed by atoms with van der Waals surface area (Å²) in [6.45, 7) is 7.06. The van der Waals surface area contributed by atoms with Gasteiger partial charge in [0, 0.05) is 31.9 Å². The third-order valence-electron chi connectivity index (χ3n) is 7.23. The number of nitrogens with zero attached hydrogens (tertiary/aromatic N) is 2. The van der Waals surface area contributed by atoms with Gasteiger partial charge >= 0.3 is 0 Å². The summed E-state index contributed by atoms with van der Waals surface area (Å²) in [6, 6.07) is 18.5. The molecular weight excluding hydrogens is 392 g/mol. The van der Waals surface area contributed by atoms with Crippen LogP contribution < -0.4 is 10.1 Å². The van der Waals surface area contributed by atoms with Gasteiger partial charge in [-0.3, -0.25) is 0 Å². The highest BCUT2D eigenvalue weighted by atomic mass is 28.3. The average Bonchev–Trinajstić information content (AvgIpc) is 2.77. The molecule has 0 spiro atoms. The highest BCUT2D eigenvalue weighted by Crippen LogP contribution is 2.45. The smallest absolute Gasteiger partial charge is 0.199 e. The molecule has 0 atom stereocenters. The summed E-state index contributed by atoms with van der Waals surface area (Å²) in [5.41, 5.74) is 9.59. The largest absolute Gasteiger partial charge is 0.378 e. The molecule has 3 heteroatoms. The average molecular weight is 428 g/mol. The number of fused-ring (bicyclic) bond motifs is 2. The van der Waals surface area contributed by atoms with Crippen LogP contribution in [0.2, 0.25) is 12.1 Å². The Labute approximate surface area is 188 Å². The van der Waals surface area contributed by atoms with Gasteiger partial charge in [-0.1, -0.05) is 56.3 Å². The lowest BCUT2D eigenvalue weighted by molar-refractivity contribution is -0.462. The number of benzene rings is 2. The maximum atomic E-state index is 2.50. The predicted molar refractivity (Wildman–Crippen MR) is 139 cm³/mol. The maximum absolute atomic E-state index is 2.50. The molecule has 0 saturated carbocycles. The van der Waals surface area contributed by atoms with Gasteiger partial charge in [0.25, 0.3) is 0 Å². The van der Waals surface area contributed by atoms with E-state index in [1.54, 1.807) is 10.4 Å². The van der Waals surface area contributed by atoms with E-state index < -0.39 is 8.07 Å². The summed E-state index contributed by atoms with van der Waals surface area (Å²) < 4.78 is 2.24. The van der Waals surface area contributed by atoms with E-state index >= 15 is 0 Å². The Kier molecular flexibility index (Phi) is 5.65. The molecule has 1 aliphatic heterocycles. The summed E-state index contributed by atoms with van der Waals surface area (Å²) in [6.07, 6.45) is 7.18. The molecule has 0 N–H and O–H groups in total. The minimum absolute atomic E-state index is 1.22. The van der Waals surface area contributed by atoms with Gasteiger partial charge in [-0.2, -0.15) is 0 Å². The first kappa shape index (κ1) is 21.6. The van der Waals surface area contributed by atoms with Gasteiger partial charge in [-0.15, -0.1) is 0 Å². The standard InChI is InChI=1S/C28H35N2Si/c1-8-31(9-2)26-18-21(29(4)5)14-16-24(26)28(23-13-11-10-12-20(23)3)25-17-15-22(30(6)7)19-27(25)31/h10-19H,8-9H2,1-7H3/q+1. The number of allylic oxidation sites excluding steroid dienone is 5. The first-order valence-corrected chi connectivity index (χ1v) is 13.8. The summed E-state index contributed by atoms with van der Waals surface area (Å²) >= 11 is 0. The SMILES string of the molecule is CC[Si]1(CC)C2=CC(=[N+](C)C)C=CC2=C(c2ccccc2C)c2ccc(N(C)C)cc21. The van der Waals surface area contributed by atoms with Gasteiger partial charge < -0.3 is 4.90 Å². The van der Waals surface area contributed by atoms with Crippen LogP contribution in [-0.4, -0.2) is 46.6 Å². The van der Waals surface area contributed by atoms with Crippen molar-refractivity contribution >= 4 is 30.2 Å². The van der Waals surface area contributed by atoms with Crippen LogP contribution in [0.25, 0.3) is 5.57 Å². The van der Waals surface area contributed by atoms with E-state index in [2.05, 4.69) is 119 Å². The third kappa shape index (κ3) is 3.36. The molecule has 0 saturated heterocycles. The molecule has 0 aromatic heterocycles. The third-order valence-corrected chi connectivity index (χ3v) is 12.5. The van der Waals surface area contributed by atoms with Gasteiger partial charge in [-0.25, -0.2) is 4.58 Å². The Morgan fingerprint density at radius 1 is 0.903 bits per heavy atom. The fourth-order valence-corrected chi connectivity index (χ4v) is 9.90. The van der Waals surface area contributed by atoms with E-state index in [1.165, 1.54) is 51.3 Å². The number of aryl methyl sites for hydroxylation is 1. The van der Waals surface area contributed by atoms with Crippen molar-refractivity contribution in [2.45, 2.75) is 32.9 Å². The molecule has 2 nitrogen and oxygen atoms in total. The summed E-state index contributed by atoms with van der Waals surface area (Å²) in [7, 11) is 6.70. The highest BCUT2D eigenvalue weighted by molar-refractivity contribution is 6.99. The lowest BCUT2D eigenvalue weighted by Crippen LogP contribution is -2.53. The van der Waals surface area contributed by atoms with E-state index in [1.807, 2.05) is 0 Å². The molecule has 2 aliphatic rings. The number of hydrogen-bond donors (Lipinski definition) is 0. The molecular formula is C28H35N2Si+. The van der Waals surface area contributed by atoms with Crippen molar-refractivity contribution in [1.29, 1.82) is 0 Å². The van der Waals surface area contributed by atoms with Crippen molar-refractivity contribution in [1.82, 2.24) is 0 Å². The molecule has 2 aromatic rings. The Morgan fingerprint density at radius 3 is 2.23 bits per heavy atom. The molecule has 31 heavy (non-hydrogen) atoms. The molecule has 0 fully saturated rings. The van der Waals surface area contributed by atoms with E-state index in [-0.39, 0.29) is 0 Å². The van der Waals surface area contributed by atoms with Crippen LogP contribution in [0.15, 0.2) is 71.5 Å². The van der Waals surface area contributed by atoms with Crippen LogP contribution in [0.4, 0.5) is 5.69 Å². The van der Waals surface area contributed by atoms with Gasteiger partial charge in [0.1, 0.15) is 22.2 Å². The van der Waals surface area contributed by atoms with Crippen molar-refractivity contribution in [3.8, 4) is 0 Å². The fourth-order valence-electron chi connectivity index (χ4n) is 5.29. The van der Waals surface area contributed by atoms with Crippen molar-refractivity contribution in [3.63, 3.8) is 0 Å². The van der Waals surface area contributed by atoms with Crippen molar-refractivity contribution < 1.29 is 4.58 Å². The van der Waals surface area contributed by atoms with Crippen molar-refractivity contribution in [2.75, 3.05) is 33.1 Å². The summed E-state index contributed by atoms with van der Waals surface area (Å²) in [4.78, 5) is 2.24. The molecule has 1 heterocycles. The number of anilines is 1. The molecule has 0 unspecified atom stereocenters. The van der Waals surface area contributed by atoms with E-state index in [4.69, 9.17) is 0 Å². The molecule has 4 rings (SSSR count). The van der Waals surface area contributed by atoms with E-state index in [9.17, 15) is 0 Å². The van der Waals surface area contributed by atoms with Gasteiger partial charge in [0.05, 0.1) is 0 Å². The van der Waals surface area contributed by atoms with Crippen LogP contribution in [0.5, 0.6) is 0 Å². The Balaban J connectivity index is 2.16. The maximum Gasteiger partial charge on any atom is 0.199 e. The molecule has 0 amide bonds. The molecule has 1 aliphatic carbocycles. The topological polar surface area (TPSA) is 6.25 Å². The second-order valence-electron chi connectivity index (χ2n) is 9.23. The van der Waals surface area contributed by atoms with E-state index in [0.717, 1.165) is 0 Å². The van der Waals surface area contributed by atoms with Crippen LogP contribution in [0.1, 0.15) is 30.5 Å². The first-order chi connectivity index (χ1) is 14.8. The zero-order chi connectivity index (χ0) is 22.3. The minimum Gasteiger partial charge on any atom is -0.378 e. The Bertz CT molecular complexity index is 1150. The minimum atomic E-state index is -1.89. The molecule has 0 bridgehead atoms. The highest BCUT2D eigenvalue weighted by Gasteiger charge is 2.44. The van der Waals surface area contributed by atoms with Crippen LogP contribution >= 0.6 is 0 Å². The Hall–Kier alpha value is -2.65. The van der Waals surface area contributed by atoms with Crippen molar-refractivity contribution in [2.24, 2.45) is 0 Å². The summed E-state index contributed by atoms with van der Waals surface area (Å²) in [5.74, 6) is 0. The quantitative estimate of drug-likeness (QED) is 0.473. The molecule has 2 aromatic carbocycles. The van der Waals surface area contributed by atoms with Crippen LogP contribution in [-0.2, 0) is 0 Å².